The second-order valence-corrected chi connectivity index (χ2v) is 3.37. The van der Waals surface area contributed by atoms with Crippen LogP contribution in [-0.4, -0.2) is 34.4 Å². The number of hydrogen-bond donors (Lipinski definition) is 1. The van der Waals surface area contributed by atoms with E-state index in [1.165, 1.54) is 0 Å². The molecular formula is C8H13N3O2. The fourth-order valence-corrected chi connectivity index (χ4v) is 1.54. The van der Waals surface area contributed by atoms with Crippen molar-refractivity contribution in [3.63, 3.8) is 0 Å². The van der Waals surface area contributed by atoms with Crippen molar-refractivity contribution in [2.75, 3.05) is 18.0 Å². The Bertz CT molecular complexity index is 287. The normalized spacial score (nSPS) is 23.5. The van der Waals surface area contributed by atoms with Crippen LogP contribution in [0.5, 0.6) is 0 Å². The Morgan fingerprint density at radius 1 is 1.62 bits per heavy atom. The van der Waals surface area contributed by atoms with Gasteiger partial charge in [0.1, 0.15) is 0 Å². The Balaban J connectivity index is 2.08. The fourth-order valence-electron chi connectivity index (χ4n) is 1.54. The SMILES string of the molecule is Cc1noc(N2CCCC(O)C2)n1. The highest BCUT2D eigenvalue weighted by Crippen LogP contribution is 2.17. The predicted molar refractivity (Wildman–Crippen MR) is 46.5 cm³/mol. The van der Waals surface area contributed by atoms with Crippen LogP contribution in [0.25, 0.3) is 0 Å². The highest BCUT2D eigenvalue weighted by Gasteiger charge is 2.21. The third kappa shape index (κ3) is 1.80. The third-order valence-corrected chi connectivity index (χ3v) is 2.18. The molecule has 1 atom stereocenters. The number of nitrogens with zero attached hydrogens (tertiary/aromatic N) is 3. The van der Waals surface area contributed by atoms with Crippen molar-refractivity contribution in [3.05, 3.63) is 5.82 Å². The molecule has 0 saturated carbocycles. The lowest BCUT2D eigenvalue weighted by atomic mass is 10.1. The molecule has 2 rings (SSSR count). The second kappa shape index (κ2) is 3.33. The van der Waals surface area contributed by atoms with Crippen molar-refractivity contribution >= 4 is 6.01 Å². The molecule has 1 fully saturated rings. The number of β-amino-alcohol motifs (C(OH)–C–C–N with tert-alkyl or cyclic N) is 1. The largest absolute Gasteiger partial charge is 0.391 e. The average molecular weight is 183 g/mol. The number of aliphatic hydroxyl groups excluding tert-OH is 1. The van der Waals surface area contributed by atoms with Gasteiger partial charge in [0, 0.05) is 13.1 Å². The highest BCUT2D eigenvalue weighted by atomic mass is 16.5. The summed E-state index contributed by atoms with van der Waals surface area (Å²) in [5.41, 5.74) is 0. The summed E-state index contributed by atoms with van der Waals surface area (Å²) in [7, 11) is 0. The summed E-state index contributed by atoms with van der Waals surface area (Å²) in [6.07, 6.45) is 1.58. The standard InChI is InChI=1S/C8H13N3O2/c1-6-9-8(13-10-6)11-4-2-3-7(12)5-11/h7,12H,2-5H2,1H3. The minimum atomic E-state index is -0.263. The van der Waals surface area contributed by atoms with Crippen molar-refractivity contribution in [1.82, 2.24) is 10.1 Å². The molecule has 1 aromatic rings. The van der Waals surface area contributed by atoms with Gasteiger partial charge in [0.25, 0.3) is 0 Å². The maximum Gasteiger partial charge on any atom is 0.324 e. The molecule has 1 saturated heterocycles. The number of aliphatic hydroxyl groups is 1. The number of aryl methyl sites for hydroxylation is 1. The van der Waals surface area contributed by atoms with E-state index in [0.717, 1.165) is 19.4 Å². The fraction of sp³-hybridized carbons (Fsp3) is 0.750. The monoisotopic (exact) mass is 183 g/mol. The zero-order valence-electron chi connectivity index (χ0n) is 7.60. The van der Waals surface area contributed by atoms with Gasteiger partial charge in [0.15, 0.2) is 5.82 Å². The first-order chi connectivity index (χ1) is 6.25. The lowest BCUT2D eigenvalue weighted by molar-refractivity contribution is 0.151. The number of aromatic nitrogens is 2. The summed E-state index contributed by atoms with van der Waals surface area (Å²) < 4.78 is 5.01. The Labute approximate surface area is 76.4 Å². The molecule has 0 spiro atoms. The molecule has 0 aliphatic carbocycles. The molecule has 1 aromatic heterocycles. The molecule has 0 radical (unpaired) electrons. The number of hydrogen-bond acceptors (Lipinski definition) is 5. The van der Waals surface area contributed by atoms with Crippen LogP contribution < -0.4 is 4.90 Å². The van der Waals surface area contributed by atoms with Gasteiger partial charge >= 0.3 is 6.01 Å². The maximum absolute atomic E-state index is 9.42. The molecule has 72 valence electrons. The van der Waals surface area contributed by atoms with Gasteiger partial charge in [-0.2, -0.15) is 4.98 Å². The zero-order valence-corrected chi connectivity index (χ0v) is 7.60. The molecule has 1 unspecified atom stereocenters. The van der Waals surface area contributed by atoms with Crippen molar-refractivity contribution in [2.45, 2.75) is 25.9 Å². The maximum atomic E-state index is 9.42. The molecule has 1 aliphatic rings. The summed E-state index contributed by atoms with van der Waals surface area (Å²) in [6, 6.07) is 0.524. The smallest absolute Gasteiger partial charge is 0.324 e. The summed E-state index contributed by atoms with van der Waals surface area (Å²) in [5.74, 6) is 0.634. The van der Waals surface area contributed by atoms with Crippen LogP contribution in [0, 0.1) is 6.92 Å². The van der Waals surface area contributed by atoms with Crippen molar-refractivity contribution < 1.29 is 9.63 Å². The molecule has 5 nitrogen and oxygen atoms in total. The van der Waals surface area contributed by atoms with Crippen molar-refractivity contribution in [3.8, 4) is 0 Å². The van der Waals surface area contributed by atoms with Crippen LogP contribution in [-0.2, 0) is 0 Å². The molecule has 5 heteroatoms. The van der Waals surface area contributed by atoms with E-state index >= 15 is 0 Å². The zero-order chi connectivity index (χ0) is 9.26. The lowest BCUT2D eigenvalue weighted by Crippen LogP contribution is -2.38. The second-order valence-electron chi connectivity index (χ2n) is 3.37. The Morgan fingerprint density at radius 3 is 3.08 bits per heavy atom. The van der Waals surface area contributed by atoms with Crippen LogP contribution in [0.3, 0.4) is 0 Å². The van der Waals surface area contributed by atoms with E-state index in [1.807, 2.05) is 4.90 Å². The van der Waals surface area contributed by atoms with E-state index in [4.69, 9.17) is 4.52 Å². The third-order valence-electron chi connectivity index (χ3n) is 2.18. The molecule has 13 heavy (non-hydrogen) atoms. The van der Waals surface area contributed by atoms with Gasteiger partial charge < -0.3 is 14.5 Å². The highest BCUT2D eigenvalue weighted by molar-refractivity contribution is 5.25. The Kier molecular flexibility index (Phi) is 2.18. The van der Waals surface area contributed by atoms with Gasteiger partial charge in [-0.15, -0.1) is 0 Å². The predicted octanol–water partition coefficient (Wildman–Crippen LogP) is 0.339. The summed E-state index contributed by atoms with van der Waals surface area (Å²) in [4.78, 5) is 6.03. The molecular weight excluding hydrogens is 170 g/mol. The van der Waals surface area contributed by atoms with Gasteiger partial charge in [-0.25, -0.2) is 0 Å². The number of anilines is 1. The van der Waals surface area contributed by atoms with Crippen LogP contribution >= 0.6 is 0 Å². The van der Waals surface area contributed by atoms with Crippen LogP contribution in [0.1, 0.15) is 18.7 Å². The first kappa shape index (κ1) is 8.50. The van der Waals surface area contributed by atoms with E-state index in [9.17, 15) is 5.11 Å². The van der Waals surface area contributed by atoms with E-state index in [2.05, 4.69) is 10.1 Å². The Hall–Kier alpha value is -1.10. The van der Waals surface area contributed by atoms with Crippen molar-refractivity contribution in [2.24, 2.45) is 0 Å². The quantitative estimate of drug-likeness (QED) is 0.680. The van der Waals surface area contributed by atoms with Crippen molar-refractivity contribution in [1.29, 1.82) is 0 Å². The van der Waals surface area contributed by atoms with E-state index < -0.39 is 0 Å². The molecule has 2 heterocycles. The van der Waals surface area contributed by atoms with Crippen LogP contribution in [0.4, 0.5) is 6.01 Å². The Morgan fingerprint density at radius 2 is 2.46 bits per heavy atom. The molecule has 1 N–H and O–H groups in total. The molecule has 0 bridgehead atoms. The minimum absolute atomic E-state index is 0.263. The van der Waals surface area contributed by atoms with Gasteiger partial charge in [-0.1, -0.05) is 5.16 Å². The number of piperidine rings is 1. The van der Waals surface area contributed by atoms with E-state index in [1.54, 1.807) is 6.92 Å². The molecule has 1 aliphatic heterocycles. The van der Waals surface area contributed by atoms with Gasteiger partial charge in [-0.3, -0.25) is 0 Å². The first-order valence-corrected chi connectivity index (χ1v) is 4.49. The minimum Gasteiger partial charge on any atom is -0.391 e. The summed E-state index contributed by atoms with van der Waals surface area (Å²) in [6.45, 7) is 3.27. The first-order valence-electron chi connectivity index (χ1n) is 4.49. The van der Waals surface area contributed by atoms with Crippen LogP contribution in [0.2, 0.25) is 0 Å². The topological polar surface area (TPSA) is 62.4 Å². The molecule has 0 amide bonds. The van der Waals surface area contributed by atoms with Gasteiger partial charge in [0.2, 0.25) is 0 Å². The van der Waals surface area contributed by atoms with Crippen LogP contribution in [0.15, 0.2) is 4.52 Å². The summed E-state index contributed by atoms with van der Waals surface area (Å²) >= 11 is 0. The van der Waals surface area contributed by atoms with E-state index in [-0.39, 0.29) is 6.10 Å². The van der Waals surface area contributed by atoms with E-state index in [0.29, 0.717) is 18.4 Å². The van der Waals surface area contributed by atoms with Gasteiger partial charge in [0.05, 0.1) is 6.10 Å². The van der Waals surface area contributed by atoms with Gasteiger partial charge in [-0.05, 0) is 19.8 Å². The molecule has 0 aromatic carbocycles. The lowest BCUT2D eigenvalue weighted by Gasteiger charge is -2.27. The number of rotatable bonds is 1. The summed E-state index contributed by atoms with van der Waals surface area (Å²) in [5, 5.41) is 13.1. The average Bonchev–Trinajstić information content (AvgIpc) is 2.52.